The number of nitrogens with zero attached hydrogens (tertiary/aromatic N) is 2. The molecule has 1 heterocycles. The lowest BCUT2D eigenvalue weighted by Crippen LogP contribution is -2.07. The fraction of sp³-hybridized carbons (Fsp3) is 0.600. The number of hydrogen-bond acceptors (Lipinski definition) is 5. The fourth-order valence-electron chi connectivity index (χ4n) is 1.11. The van der Waals surface area contributed by atoms with E-state index in [4.69, 9.17) is 5.73 Å². The molecule has 1 aromatic heterocycles. The van der Waals surface area contributed by atoms with Crippen LogP contribution >= 0.6 is 11.8 Å². The largest absolute Gasteiger partial charge is 0.383 e. The number of aromatic nitrogens is 2. The third-order valence-electron chi connectivity index (χ3n) is 1.94. The molecule has 0 unspecified atom stereocenters. The highest BCUT2D eigenvalue weighted by atomic mass is 32.2. The van der Waals surface area contributed by atoms with Gasteiger partial charge in [0.2, 0.25) is 0 Å². The normalized spacial score (nSPS) is 10.7. The van der Waals surface area contributed by atoms with E-state index < -0.39 is 0 Å². The Morgan fingerprint density at radius 1 is 1.47 bits per heavy atom. The summed E-state index contributed by atoms with van der Waals surface area (Å²) in [5.74, 6) is 2.02. The van der Waals surface area contributed by atoms with Crippen molar-refractivity contribution in [2.45, 2.75) is 25.4 Å². The minimum absolute atomic E-state index is 0.515. The van der Waals surface area contributed by atoms with Crippen molar-refractivity contribution >= 4 is 23.4 Å². The molecule has 0 spiro atoms. The molecule has 0 aliphatic rings. The molecule has 1 aromatic rings. The van der Waals surface area contributed by atoms with Crippen LogP contribution in [0.25, 0.3) is 0 Å². The van der Waals surface area contributed by atoms with E-state index in [0.29, 0.717) is 16.9 Å². The Kier molecular flexibility index (Phi) is 4.68. The minimum atomic E-state index is 0.515. The lowest BCUT2D eigenvalue weighted by atomic mass is 10.1. The summed E-state index contributed by atoms with van der Waals surface area (Å²) in [5, 5.41) is 3.96. The first-order valence-corrected chi connectivity index (χ1v) is 6.26. The first kappa shape index (κ1) is 12.1. The van der Waals surface area contributed by atoms with E-state index in [0.717, 1.165) is 18.8 Å². The van der Waals surface area contributed by atoms with Crippen LogP contribution in [0.15, 0.2) is 11.2 Å². The van der Waals surface area contributed by atoms with Gasteiger partial charge < -0.3 is 11.1 Å². The summed E-state index contributed by atoms with van der Waals surface area (Å²) in [7, 11) is 0. The number of rotatable bonds is 5. The van der Waals surface area contributed by atoms with E-state index in [1.54, 1.807) is 6.07 Å². The first-order valence-electron chi connectivity index (χ1n) is 5.04. The first-order chi connectivity index (χ1) is 7.11. The van der Waals surface area contributed by atoms with Crippen LogP contribution in [0.5, 0.6) is 0 Å². The van der Waals surface area contributed by atoms with Crippen LogP contribution < -0.4 is 11.1 Å². The van der Waals surface area contributed by atoms with Gasteiger partial charge in [-0.15, -0.1) is 0 Å². The summed E-state index contributed by atoms with van der Waals surface area (Å²) in [6, 6.07) is 1.76. The molecule has 0 saturated carbocycles. The molecule has 3 N–H and O–H groups in total. The number of nitrogens with one attached hydrogen (secondary N) is 1. The van der Waals surface area contributed by atoms with Crippen molar-refractivity contribution in [1.82, 2.24) is 9.97 Å². The standard InChI is InChI=1S/C10H18N4S/c1-7(2)4-5-12-9-6-8(11)13-10(14-9)15-3/h6-7H,4-5H2,1-3H3,(H3,11,12,13,14). The second-order valence-electron chi connectivity index (χ2n) is 3.77. The van der Waals surface area contributed by atoms with Gasteiger partial charge in [-0.05, 0) is 18.6 Å². The van der Waals surface area contributed by atoms with Crippen LogP contribution in [0.1, 0.15) is 20.3 Å². The van der Waals surface area contributed by atoms with Gasteiger partial charge in [0.1, 0.15) is 11.6 Å². The minimum Gasteiger partial charge on any atom is -0.383 e. The van der Waals surface area contributed by atoms with E-state index >= 15 is 0 Å². The number of nitrogen functional groups attached to an aromatic ring is 1. The summed E-state index contributed by atoms with van der Waals surface area (Å²) in [6.45, 7) is 5.31. The van der Waals surface area contributed by atoms with Gasteiger partial charge >= 0.3 is 0 Å². The van der Waals surface area contributed by atoms with Gasteiger partial charge in [0.15, 0.2) is 5.16 Å². The molecular weight excluding hydrogens is 208 g/mol. The van der Waals surface area contributed by atoms with Crippen LogP contribution in [0.2, 0.25) is 0 Å². The average molecular weight is 226 g/mol. The second kappa shape index (κ2) is 5.80. The highest BCUT2D eigenvalue weighted by Crippen LogP contribution is 2.15. The Balaban J connectivity index is 2.56. The van der Waals surface area contributed by atoms with E-state index in [1.165, 1.54) is 11.8 Å². The van der Waals surface area contributed by atoms with Crippen molar-refractivity contribution < 1.29 is 0 Å². The Labute approximate surface area is 95.1 Å². The van der Waals surface area contributed by atoms with Crippen molar-refractivity contribution in [3.63, 3.8) is 0 Å². The molecular formula is C10H18N4S. The molecule has 0 aliphatic carbocycles. The van der Waals surface area contributed by atoms with Gasteiger partial charge in [-0.2, -0.15) is 0 Å². The Bertz CT molecular complexity index is 314. The number of nitrogens with two attached hydrogens (primary N) is 1. The Morgan fingerprint density at radius 2 is 2.20 bits per heavy atom. The van der Waals surface area contributed by atoms with Gasteiger partial charge in [0.05, 0.1) is 0 Å². The average Bonchev–Trinajstić information content (AvgIpc) is 2.16. The van der Waals surface area contributed by atoms with Crippen LogP contribution in [0, 0.1) is 5.92 Å². The highest BCUT2D eigenvalue weighted by Gasteiger charge is 2.01. The Morgan fingerprint density at radius 3 is 2.80 bits per heavy atom. The van der Waals surface area contributed by atoms with Crippen molar-refractivity contribution in [1.29, 1.82) is 0 Å². The molecule has 0 aliphatic heterocycles. The zero-order chi connectivity index (χ0) is 11.3. The van der Waals surface area contributed by atoms with E-state index in [1.807, 2.05) is 6.26 Å². The molecule has 0 amide bonds. The fourth-order valence-corrected chi connectivity index (χ4v) is 1.50. The number of thioether (sulfide) groups is 1. The SMILES string of the molecule is CSc1nc(N)cc(NCCC(C)C)n1. The molecule has 84 valence electrons. The summed E-state index contributed by atoms with van der Waals surface area (Å²) >= 11 is 1.49. The van der Waals surface area contributed by atoms with E-state index in [-0.39, 0.29) is 0 Å². The maximum Gasteiger partial charge on any atom is 0.191 e. The van der Waals surface area contributed by atoms with Gasteiger partial charge in [-0.3, -0.25) is 0 Å². The molecule has 15 heavy (non-hydrogen) atoms. The smallest absolute Gasteiger partial charge is 0.191 e. The van der Waals surface area contributed by atoms with Gasteiger partial charge in [0, 0.05) is 12.6 Å². The van der Waals surface area contributed by atoms with Gasteiger partial charge in [0.25, 0.3) is 0 Å². The number of hydrogen-bond donors (Lipinski definition) is 2. The lowest BCUT2D eigenvalue weighted by Gasteiger charge is -2.08. The van der Waals surface area contributed by atoms with Crippen LogP contribution in [-0.2, 0) is 0 Å². The molecule has 0 radical (unpaired) electrons. The van der Waals surface area contributed by atoms with Crippen molar-refractivity contribution in [2.75, 3.05) is 23.9 Å². The zero-order valence-corrected chi connectivity index (χ0v) is 10.3. The van der Waals surface area contributed by atoms with E-state index in [2.05, 4.69) is 29.1 Å². The molecule has 0 aromatic carbocycles. The predicted octanol–water partition coefficient (Wildman–Crippen LogP) is 2.24. The highest BCUT2D eigenvalue weighted by molar-refractivity contribution is 7.98. The monoisotopic (exact) mass is 226 g/mol. The van der Waals surface area contributed by atoms with Crippen molar-refractivity contribution in [3.05, 3.63) is 6.07 Å². The second-order valence-corrected chi connectivity index (χ2v) is 4.55. The quantitative estimate of drug-likeness (QED) is 0.595. The maximum absolute atomic E-state index is 5.66. The maximum atomic E-state index is 5.66. The third-order valence-corrected chi connectivity index (χ3v) is 2.48. The van der Waals surface area contributed by atoms with Crippen LogP contribution in [0.4, 0.5) is 11.6 Å². The van der Waals surface area contributed by atoms with Crippen molar-refractivity contribution in [2.24, 2.45) is 5.92 Å². The summed E-state index contributed by atoms with van der Waals surface area (Å²) < 4.78 is 0. The molecule has 0 saturated heterocycles. The number of anilines is 2. The molecule has 0 atom stereocenters. The van der Waals surface area contributed by atoms with Gasteiger partial charge in [-0.25, -0.2) is 9.97 Å². The van der Waals surface area contributed by atoms with Crippen LogP contribution in [-0.4, -0.2) is 22.8 Å². The predicted molar refractivity (Wildman–Crippen MR) is 66.2 cm³/mol. The topological polar surface area (TPSA) is 63.8 Å². The van der Waals surface area contributed by atoms with Crippen LogP contribution in [0.3, 0.4) is 0 Å². The van der Waals surface area contributed by atoms with E-state index in [9.17, 15) is 0 Å². The molecule has 4 nitrogen and oxygen atoms in total. The summed E-state index contributed by atoms with van der Waals surface area (Å²) in [5.41, 5.74) is 5.66. The Hall–Kier alpha value is -0.970. The molecule has 0 fully saturated rings. The third kappa shape index (κ3) is 4.38. The summed E-state index contributed by atoms with van der Waals surface area (Å²) in [4.78, 5) is 8.39. The molecule has 1 rings (SSSR count). The molecule has 5 heteroatoms. The summed E-state index contributed by atoms with van der Waals surface area (Å²) in [6.07, 6.45) is 3.06. The van der Waals surface area contributed by atoms with Gasteiger partial charge in [-0.1, -0.05) is 25.6 Å². The zero-order valence-electron chi connectivity index (χ0n) is 9.45. The lowest BCUT2D eigenvalue weighted by molar-refractivity contribution is 0.606. The molecule has 0 bridgehead atoms. The van der Waals surface area contributed by atoms with Crippen molar-refractivity contribution in [3.8, 4) is 0 Å².